The van der Waals surface area contributed by atoms with E-state index in [1.54, 1.807) is 5.67 Å². The van der Waals surface area contributed by atoms with E-state index in [0.717, 1.165) is 0 Å². The first-order valence-corrected chi connectivity index (χ1v) is 9.34. The van der Waals surface area contributed by atoms with Crippen molar-refractivity contribution in [1.29, 1.82) is 0 Å². The van der Waals surface area contributed by atoms with E-state index in [0.29, 0.717) is 0 Å². The molecule has 0 aliphatic carbocycles. The van der Waals surface area contributed by atoms with Gasteiger partial charge in [0, 0.05) is 9.52 Å². The third-order valence-electron chi connectivity index (χ3n) is 2.56. The van der Waals surface area contributed by atoms with Gasteiger partial charge in [-0.2, -0.15) is 0 Å². The molecule has 0 spiro atoms. The van der Waals surface area contributed by atoms with Crippen LogP contribution in [0.2, 0.25) is 12.2 Å². The molecule has 0 aliphatic heterocycles. The molecule has 0 aliphatic rings. The topological polar surface area (TPSA) is 6.48 Å². The van der Waals surface area contributed by atoms with Gasteiger partial charge in [0.05, 0.1) is 0 Å². The normalized spacial score (nSPS) is 13.0. The first kappa shape index (κ1) is 12.4. The average Bonchev–Trinajstić information content (AvgIpc) is 2.11. The van der Waals surface area contributed by atoms with Crippen molar-refractivity contribution in [2.45, 2.75) is 26.1 Å². The highest BCUT2D eigenvalue weighted by Gasteiger charge is 2.18. The van der Waals surface area contributed by atoms with Crippen molar-refractivity contribution < 1.29 is 0 Å². The monoisotopic (exact) mass is 204 g/mol. The summed E-state index contributed by atoms with van der Waals surface area (Å²) in [5, 5.41) is 0. The molecule has 12 heavy (non-hydrogen) atoms. The maximum absolute atomic E-state index is 2.58. The fourth-order valence-electron chi connectivity index (χ4n) is 1.46. The Morgan fingerprint density at radius 1 is 1.08 bits per heavy atom. The molecular weight excluding hydrogens is 180 g/mol. The van der Waals surface area contributed by atoms with Crippen molar-refractivity contribution in [1.82, 2.24) is 9.13 Å². The third kappa shape index (κ3) is 3.84. The molecule has 0 saturated carbocycles. The molecular formula is C8H24N2Si2. The van der Waals surface area contributed by atoms with Crippen molar-refractivity contribution in [2.24, 2.45) is 0 Å². The Morgan fingerprint density at radius 2 is 1.50 bits per heavy atom. The lowest BCUT2D eigenvalue weighted by Gasteiger charge is -2.32. The summed E-state index contributed by atoms with van der Waals surface area (Å²) in [4.78, 5) is 0. The van der Waals surface area contributed by atoms with Crippen molar-refractivity contribution >= 4 is 18.6 Å². The summed E-state index contributed by atoms with van der Waals surface area (Å²) in [6, 6.07) is 0. The molecule has 0 aromatic heterocycles. The van der Waals surface area contributed by atoms with E-state index < -0.39 is 9.12 Å². The van der Waals surface area contributed by atoms with Crippen LogP contribution in [0.3, 0.4) is 0 Å². The van der Waals surface area contributed by atoms with Crippen LogP contribution in [-0.2, 0) is 0 Å². The summed E-state index contributed by atoms with van der Waals surface area (Å²) in [7, 11) is 4.12. The molecule has 74 valence electrons. The van der Waals surface area contributed by atoms with Crippen molar-refractivity contribution in [3.8, 4) is 0 Å². The summed E-state index contributed by atoms with van der Waals surface area (Å²) in [5.41, 5.74) is 1.55. The van der Waals surface area contributed by atoms with Crippen LogP contribution in [0.4, 0.5) is 0 Å². The second-order valence-electron chi connectivity index (χ2n) is 3.42. The molecule has 0 rings (SSSR count). The predicted molar refractivity (Wildman–Crippen MR) is 63.0 cm³/mol. The molecule has 0 saturated heterocycles. The van der Waals surface area contributed by atoms with E-state index in [9.17, 15) is 0 Å². The first-order chi connectivity index (χ1) is 5.67. The lowest BCUT2D eigenvalue weighted by molar-refractivity contribution is 0.444. The van der Waals surface area contributed by atoms with Gasteiger partial charge in [0.15, 0.2) is 9.12 Å². The highest BCUT2D eigenvalue weighted by atomic mass is 28.3. The molecule has 0 fully saturated rings. The lowest BCUT2D eigenvalue weighted by atomic mass is 10.8. The zero-order valence-electron chi connectivity index (χ0n) is 9.30. The molecule has 0 N–H and O–H groups in total. The van der Waals surface area contributed by atoms with E-state index in [2.05, 4.69) is 43.6 Å². The minimum atomic E-state index is -0.694. The van der Waals surface area contributed by atoms with Gasteiger partial charge in [-0.3, -0.25) is 0 Å². The molecule has 0 aromatic carbocycles. The summed E-state index contributed by atoms with van der Waals surface area (Å²) in [5.74, 6) is 0. The summed E-state index contributed by atoms with van der Waals surface area (Å²) in [6.45, 7) is 9.39. The van der Waals surface area contributed by atoms with Crippen LogP contribution >= 0.6 is 0 Å². The standard InChI is InChI=1S/C8H24N2Si2/c1-6-9(3)12(8-11-5)10(4)7-2/h12H,6-8,11H2,1-5H3. The van der Waals surface area contributed by atoms with E-state index in [1.165, 1.54) is 13.1 Å². The van der Waals surface area contributed by atoms with Crippen LogP contribution in [0.5, 0.6) is 0 Å². The van der Waals surface area contributed by atoms with Gasteiger partial charge in [0.2, 0.25) is 0 Å². The molecule has 0 unspecified atom stereocenters. The molecule has 0 atom stereocenters. The van der Waals surface area contributed by atoms with Gasteiger partial charge in [0.25, 0.3) is 0 Å². The first-order valence-electron chi connectivity index (χ1n) is 5.07. The van der Waals surface area contributed by atoms with Crippen molar-refractivity contribution in [3.63, 3.8) is 0 Å². The summed E-state index contributed by atoms with van der Waals surface area (Å²) in [6.07, 6.45) is 0. The smallest absolute Gasteiger partial charge is 0.186 e. The zero-order chi connectivity index (χ0) is 9.56. The van der Waals surface area contributed by atoms with Gasteiger partial charge >= 0.3 is 0 Å². The minimum absolute atomic E-state index is 0.241. The lowest BCUT2D eigenvalue weighted by Crippen LogP contribution is -2.49. The second-order valence-corrected chi connectivity index (χ2v) is 9.45. The fraction of sp³-hybridized carbons (Fsp3) is 1.00. The Kier molecular flexibility index (Phi) is 7.03. The summed E-state index contributed by atoms with van der Waals surface area (Å²) < 4.78 is 5.17. The predicted octanol–water partition coefficient (Wildman–Crippen LogP) is 0.285. The van der Waals surface area contributed by atoms with E-state index in [-0.39, 0.29) is 9.52 Å². The maximum Gasteiger partial charge on any atom is 0.186 e. The molecule has 0 amide bonds. The Labute approximate surface area is 81.5 Å². The zero-order valence-corrected chi connectivity index (χ0v) is 11.9. The molecule has 4 heteroatoms. The number of nitrogens with zero attached hydrogens (tertiary/aromatic N) is 2. The molecule has 0 aromatic rings. The highest BCUT2D eigenvalue weighted by molar-refractivity contribution is 6.65. The van der Waals surface area contributed by atoms with Crippen molar-refractivity contribution in [2.75, 3.05) is 27.2 Å². The number of rotatable bonds is 6. The van der Waals surface area contributed by atoms with Gasteiger partial charge in [-0.1, -0.05) is 20.4 Å². The Bertz CT molecular complexity index is 101. The van der Waals surface area contributed by atoms with Gasteiger partial charge in [0.1, 0.15) is 0 Å². The quantitative estimate of drug-likeness (QED) is 0.574. The van der Waals surface area contributed by atoms with Crippen LogP contribution in [0.1, 0.15) is 13.8 Å². The Balaban J connectivity index is 4.01. The van der Waals surface area contributed by atoms with Crippen LogP contribution in [-0.4, -0.2) is 55.0 Å². The number of hydrogen-bond acceptors (Lipinski definition) is 2. The van der Waals surface area contributed by atoms with Gasteiger partial charge < -0.3 is 9.13 Å². The second kappa shape index (κ2) is 6.83. The van der Waals surface area contributed by atoms with E-state index in [1.807, 2.05) is 0 Å². The van der Waals surface area contributed by atoms with E-state index in [4.69, 9.17) is 0 Å². The van der Waals surface area contributed by atoms with Crippen LogP contribution < -0.4 is 0 Å². The Hall–Kier alpha value is 0.354. The molecule has 0 bridgehead atoms. The van der Waals surface area contributed by atoms with Gasteiger partial charge in [-0.25, -0.2) is 0 Å². The minimum Gasteiger partial charge on any atom is -0.317 e. The van der Waals surface area contributed by atoms with E-state index >= 15 is 0 Å². The highest BCUT2D eigenvalue weighted by Crippen LogP contribution is 2.01. The maximum atomic E-state index is 2.58. The van der Waals surface area contributed by atoms with Gasteiger partial charge in [-0.15, -0.1) is 0 Å². The largest absolute Gasteiger partial charge is 0.317 e. The summed E-state index contributed by atoms with van der Waals surface area (Å²) >= 11 is 0. The Morgan fingerprint density at radius 3 is 1.75 bits per heavy atom. The van der Waals surface area contributed by atoms with Crippen LogP contribution in [0.25, 0.3) is 0 Å². The molecule has 0 radical (unpaired) electrons. The van der Waals surface area contributed by atoms with Gasteiger partial charge in [-0.05, 0) is 32.9 Å². The van der Waals surface area contributed by atoms with Crippen molar-refractivity contribution in [3.05, 3.63) is 0 Å². The molecule has 2 nitrogen and oxygen atoms in total. The number of hydrogen-bond donors (Lipinski definition) is 0. The SMILES string of the molecule is CCN(C)[SiH](C[SiH2]C)N(C)CC. The van der Waals surface area contributed by atoms with Crippen LogP contribution in [0, 0.1) is 0 Å². The van der Waals surface area contributed by atoms with Crippen LogP contribution in [0.15, 0.2) is 0 Å². The third-order valence-corrected chi connectivity index (χ3v) is 9.70. The average molecular weight is 204 g/mol. The molecule has 0 heterocycles. The fourth-order valence-corrected chi connectivity index (χ4v) is 8.56.